The Hall–Kier alpha value is -2.70. The molecule has 7 nitrogen and oxygen atoms in total. The molecule has 0 saturated carbocycles. The van der Waals surface area contributed by atoms with Crippen LogP contribution in [-0.4, -0.2) is 36.5 Å². The van der Waals surface area contributed by atoms with E-state index in [-0.39, 0.29) is 0 Å². The fourth-order valence-electron chi connectivity index (χ4n) is 3.18. The van der Waals surface area contributed by atoms with E-state index in [1.165, 1.54) is 11.3 Å². The summed E-state index contributed by atoms with van der Waals surface area (Å²) in [4.78, 5) is 11.5. The van der Waals surface area contributed by atoms with Gasteiger partial charge in [0, 0.05) is 55.3 Å². The van der Waals surface area contributed by atoms with Gasteiger partial charge in [0.05, 0.1) is 17.6 Å². The predicted molar refractivity (Wildman–Crippen MR) is 87.0 cm³/mol. The lowest BCUT2D eigenvalue weighted by molar-refractivity contribution is 0.699. The summed E-state index contributed by atoms with van der Waals surface area (Å²) in [7, 11) is 1.96. The lowest BCUT2D eigenvalue weighted by atomic mass is 10.1. The molecule has 0 unspecified atom stereocenters. The van der Waals surface area contributed by atoms with Crippen LogP contribution in [0, 0.1) is 13.8 Å². The first-order valence-electron chi connectivity index (χ1n) is 7.73. The molecular weight excluding hydrogens is 290 g/mol. The smallest absolute Gasteiger partial charge is 0.226 e. The molecule has 23 heavy (non-hydrogen) atoms. The predicted octanol–water partition coefficient (Wildman–Crippen LogP) is 1.78. The van der Waals surface area contributed by atoms with Crippen LogP contribution in [0.4, 0.5) is 5.95 Å². The summed E-state index contributed by atoms with van der Waals surface area (Å²) >= 11 is 0. The Labute approximate surface area is 134 Å². The second-order valence-corrected chi connectivity index (χ2v) is 5.96. The van der Waals surface area contributed by atoms with Crippen LogP contribution < -0.4 is 4.90 Å². The van der Waals surface area contributed by atoms with Gasteiger partial charge in [0.25, 0.3) is 0 Å². The molecule has 3 aromatic rings. The first-order chi connectivity index (χ1) is 11.1. The average molecular weight is 309 g/mol. The number of aromatic nitrogens is 6. The van der Waals surface area contributed by atoms with Crippen molar-refractivity contribution in [3.05, 3.63) is 41.1 Å². The maximum atomic E-state index is 4.79. The van der Waals surface area contributed by atoms with Gasteiger partial charge >= 0.3 is 0 Å². The third-order valence-electron chi connectivity index (χ3n) is 4.49. The van der Waals surface area contributed by atoms with Gasteiger partial charge in [-0.25, -0.2) is 9.97 Å². The number of aryl methyl sites for hydroxylation is 2. The number of H-pyrrole nitrogens is 1. The zero-order valence-corrected chi connectivity index (χ0v) is 13.5. The molecule has 0 saturated heterocycles. The van der Waals surface area contributed by atoms with Crippen LogP contribution in [-0.2, 0) is 20.0 Å². The Kier molecular flexibility index (Phi) is 3.14. The lowest BCUT2D eigenvalue weighted by Gasteiger charge is -2.26. The van der Waals surface area contributed by atoms with E-state index in [0.29, 0.717) is 0 Å². The van der Waals surface area contributed by atoms with Gasteiger partial charge in [0.15, 0.2) is 0 Å². The van der Waals surface area contributed by atoms with Gasteiger partial charge in [0.1, 0.15) is 0 Å². The van der Waals surface area contributed by atoms with Gasteiger partial charge < -0.3 is 4.90 Å². The van der Waals surface area contributed by atoms with Crippen LogP contribution >= 0.6 is 0 Å². The van der Waals surface area contributed by atoms with Crippen LogP contribution in [0.15, 0.2) is 18.5 Å². The minimum atomic E-state index is 0.761. The normalized spacial score (nSPS) is 14.1. The highest BCUT2D eigenvalue weighted by molar-refractivity contribution is 5.65. The van der Waals surface area contributed by atoms with Gasteiger partial charge in [-0.1, -0.05) is 0 Å². The molecular formula is C16H19N7. The summed E-state index contributed by atoms with van der Waals surface area (Å²) in [6, 6.07) is 1.95. The summed E-state index contributed by atoms with van der Waals surface area (Å²) in [6.45, 7) is 5.77. The van der Waals surface area contributed by atoms with E-state index in [1.54, 1.807) is 0 Å². The van der Waals surface area contributed by atoms with Crippen LogP contribution in [0.25, 0.3) is 11.3 Å². The number of aromatic amines is 1. The summed E-state index contributed by atoms with van der Waals surface area (Å²) in [5, 5.41) is 11.7. The topological polar surface area (TPSA) is 75.5 Å². The third-order valence-corrected chi connectivity index (χ3v) is 4.49. The minimum absolute atomic E-state index is 0.761. The molecule has 0 aliphatic carbocycles. The molecule has 0 radical (unpaired) electrons. The van der Waals surface area contributed by atoms with E-state index in [1.807, 2.05) is 37.1 Å². The Morgan fingerprint density at radius 1 is 1.26 bits per heavy atom. The summed E-state index contributed by atoms with van der Waals surface area (Å²) < 4.78 is 1.89. The third kappa shape index (κ3) is 2.28. The second-order valence-electron chi connectivity index (χ2n) is 5.96. The molecule has 0 fully saturated rings. The molecule has 0 bridgehead atoms. The Bertz CT molecular complexity index is 861. The zero-order chi connectivity index (χ0) is 16.0. The van der Waals surface area contributed by atoms with Crippen molar-refractivity contribution >= 4 is 5.95 Å². The molecule has 1 aliphatic rings. The van der Waals surface area contributed by atoms with Crippen LogP contribution in [0.2, 0.25) is 0 Å². The number of rotatable bonds is 2. The molecule has 3 aromatic heterocycles. The van der Waals surface area contributed by atoms with Gasteiger partial charge in [-0.05, 0) is 19.9 Å². The van der Waals surface area contributed by atoms with Crippen molar-refractivity contribution in [2.24, 2.45) is 7.05 Å². The number of anilines is 1. The molecule has 4 heterocycles. The van der Waals surface area contributed by atoms with Crippen molar-refractivity contribution in [2.45, 2.75) is 26.8 Å². The average Bonchev–Trinajstić information content (AvgIpc) is 3.11. The molecule has 0 spiro atoms. The summed E-state index contributed by atoms with van der Waals surface area (Å²) in [5.41, 5.74) is 6.57. The van der Waals surface area contributed by atoms with Crippen molar-refractivity contribution in [2.75, 3.05) is 11.4 Å². The molecule has 0 atom stereocenters. The SMILES string of the molecule is Cc1nn(C)c(C)c1-c1ccnc(N2CCc3[nH]ncc3C2)n1. The first kappa shape index (κ1) is 13.9. The summed E-state index contributed by atoms with van der Waals surface area (Å²) in [5.74, 6) is 0.761. The number of nitrogens with one attached hydrogen (secondary N) is 1. The Morgan fingerprint density at radius 3 is 2.91 bits per heavy atom. The maximum Gasteiger partial charge on any atom is 0.226 e. The molecule has 0 amide bonds. The van der Waals surface area contributed by atoms with Crippen molar-refractivity contribution in [1.29, 1.82) is 0 Å². The standard InChI is InChI=1S/C16H19N7/c1-10-15(11(2)22(3)21-10)14-4-6-17-16(19-14)23-7-5-13-12(9-23)8-18-20-13/h4,6,8H,5,7,9H2,1-3H3,(H,18,20). The van der Waals surface area contributed by atoms with Crippen molar-refractivity contribution < 1.29 is 0 Å². The van der Waals surface area contributed by atoms with Crippen LogP contribution in [0.5, 0.6) is 0 Å². The highest BCUT2D eigenvalue weighted by Crippen LogP contribution is 2.27. The van der Waals surface area contributed by atoms with Gasteiger partial charge in [-0.15, -0.1) is 0 Å². The largest absolute Gasteiger partial charge is 0.336 e. The van der Waals surface area contributed by atoms with Crippen LogP contribution in [0.1, 0.15) is 22.6 Å². The quantitative estimate of drug-likeness (QED) is 0.781. The maximum absolute atomic E-state index is 4.79. The number of fused-ring (bicyclic) bond motifs is 1. The zero-order valence-electron chi connectivity index (χ0n) is 13.5. The fourth-order valence-corrected chi connectivity index (χ4v) is 3.18. The summed E-state index contributed by atoms with van der Waals surface area (Å²) in [6.07, 6.45) is 4.66. The first-order valence-corrected chi connectivity index (χ1v) is 7.73. The van der Waals surface area contributed by atoms with Gasteiger partial charge in [0.2, 0.25) is 5.95 Å². The van der Waals surface area contributed by atoms with E-state index < -0.39 is 0 Å². The van der Waals surface area contributed by atoms with E-state index in [2.05, 4.69) is 32.1 Å². The van der Waals surface area contributed by atoms with E-state index in [0.717, 1.165) is 48.1 Å². The second kappa shape index (κ2) is 5.19. The highest BCUT2D eigenvalue weighted by Gasteiger charge is 2.21. The van der Waals surface area contributed by atoms with E-state index in [4.69, 9.17) is 4.98 Å². The molecule has 4 rings (SSSR count). The molecule has 0 aromatic carbocycles. The van der Waals surface area contributed by atoms with Gasteiger partial charge in [-0.2, -0.15) is 10.2 Å². The lowest BCUT2D eigenvalue weighted by Crippen LogP contribution is -2.31. The molecule has 1 N–H and O–H groups in total. The molecule has 7 heteroatoms. The number of nitrogens with zero attached hydrogens (tertiary/aromatic N) is 6. The van der Waals surface area contributed by atoms with Crippen molar-refractivity contribution in [3.8, 4) is 11.3 Å². The van der Waals surface area contributed by atoms with Crippen LogP contribution in [0.3, 0.4) is 0 Å². The fraction of sp³-hybridized carbons (Fsp3) is 0.375. The monoisotopic (exact) mass is 309 g/mol. The van der Waals surface area contributed by atoms with Crippen molar-refractivity contribution in [1.82, 2.24) is 29.9 Å². The number of hydrogen-bond donors (Lipinski definition) is 1. The minimum Gasteiger partial charge on any atom is -0.336 e. The van der Waals surface area contributed by atoms with E-state index >= 15 is 0 Å². The number of hydrogen-bond acceptors (Lipinski definition) is 5. The van der Waals surface area contributed by atoms with Crippen molar-refractivity contribution in [3.63, 3.8) is 0 Å². The Morgan fingerprint density at radius 2 is 2.13 bits per heavy atom. The Balaban J connectivity index is 1.70. The molecule has 1 aliphatic heterocycles. The highest BCUT2D eigenvalue weighted by atomic mass is 15.3. The molecule has 118 valence electrons. The van der Waals surface area contributed by atoms with Gasteiger partial charge in [-0.3, -0.25) is 9.78 Å². The van der Waals surface area contributed by atoms with E-state index in [9.17, 15) is 0 Å².